The third kappa shape index (κ3) is 4.24. The molecule has 0 radical (unpaired) electrons. The summed E-state index contributed by atoms with van der Waals surface area (Å²) in [5.41, 5.74) is -0.306. The number of rotatable bonds is 4. The normalized spacial score (nSPS) is 21.2. The highest BCUT2D eigenvalue weighted by atomic mass is 19.4. The number of fused-ring (bicyclic) bond motifs is 1. The molecule has 0 unspecified atom stereocenters. The van der Waals surface area contributed by atoms with E-state index < -0.39 is 11.7 Å². The van der Waals surface area contributed by atoms with Crippen LogP contribution in [-0.2, 0) is 15.7 Å². The lowest BCUT2D eigenvalue weighted by molar-refractivity contribution is -0.136. The van der Waals surface area contributed by atoms with E-state index in [-0.39, 0.29) is 34.7 Å². The topological polar surface area (TPSA) is 68.5 Å². The van der Waals surface area contributed by atoms with E-state index in [1.165, 1.54) is 6.92 Å². The standard InChI is InChI=1S/C20H24F3N3O3/c1-12-11-15(20(21,22)23)17-18(25-29-19(17)24-12)13-6-8-26(9-7-13)16(27)5-4-14-3-2-10-28-14/h11,13-14H,2-10H2,1H3/t14-/m0/s1. The first-order chi connectivity index (χ1) is 13.8. The van der Waals surface area contributed by atoms with Crippen molar-refractivity contribution in [1.82, 2.24) is 15.0 Å². The van der Waals surface area contributed by atoms with Crippen LogP contribution in [-0.4, -0.2) is 46.7 Å². The van der Waals surface area contributed by atoms with Gasteiger partial charge >= 0.3 is 6.18 Å². The summed E-state index contributed by atoms with van der Waals surface area (Å²) in [7, 11) is 0. The van der Waals surface area contributed by atoms with Crippen LogP contribution in [0.1, 0.15) is 61.4 Å². The van der Waals surface area contributed by atoms with Gasteiger partial charge in [0.25, 0.3) is 5.71 Å². The van der Waals surface area contributed by atoms with Crippen molar-refractivity contribution in [3.8, 4) is 0 Å². The van der Waals surface area contributed by atoms with E-state index in [1.807, 2.05) is 0 Å². The second-order valence-electron chi connectivity index (χ2n) is 7.89. The van der Waals surface area contributed by atoms with Gasteiger partial charge in [-0.05, 0) is 45.1 Å². The van der Waals surface area contributed by atoms with Crippen molar-refractivity contribution in [2.45, 2.75) is 63.6 Å². The third-order valence-corrected chi connectivity index (χ3v) is 5.84. The fourth-order valence-electron chi connectivity index (χ4n) is 4.32. The fourth-order valence-corrected chi connectivity index (χ4v) is 4.32. The molecular formula is C20H24F3N3O3. The van der Waals surface area contributed by atoms with Gasteiger partial charge in [-0.2, -0.15) is 13.2 Å². The molecule has 2 aromatic rings. The number of amides is 1. The number of aryl methyl sites for hydroxylation is 1. The zero-order valence-electron chi connectivity index (χ0n) is 16.3. The number of piperidine rings is 1. The Morgan fingerprint density at radius 2 is 2.03 bits per heavy atom. The molecule has 2 aliphatic rings. The molecule has 0 aliphatic carbocycles. The van der Waals surface area contributed by atoms with Gasteiger partial charge in [0.15, 0.2) is 0 Å². The highest BCUT2D eigenvalue weighted by molar-refractivity contribution is 5.82. The average Bonchev–Trinajstić information content (AvgIpc) is 3.34. The number of pyridine rings is 1. The number of hydrogen-bond donors (Lipinski definition) is 0. The maximum absolute atomic E-state index is 13.5. The minimum absolute atomic E-state index is 0.0498. The smallest absolute Gasteiger partial charge is 0.378 e. The number of aromatic nitrogens is 2. The Hall–Kier alpha value is -2.16. The van der Waals surface area contributed by atoms with Gasteiger partial charge in [-0.15, -0.1) is 0 Å². The molecule has 1 amide bonds. The SMILES string of the molecule is Cc1cc(C(F)(F)F)c2c(C3CCN(C(=O)CC[C@@H]4CCCO4)CC3)noc2n1. The first kappa shape index (κ1) is 20.1. The lowest BCUT2D eigenvalue weighted by Gasteiger charge is -2.31. The minimum Gasteiger partial charge on any atom is -0.378 e. The van der Waals surface area contributed by atoms with Crippen molar-refractivity contribution in [3.63, 3.8) is 0 Å². The molecule has 0 N–H and O–H groups in total. The maximum Gasteiger partial charge on any atom is 0.417 e. The zero-order valence-corrected chi connectivity index (χ0v) is 16.3. The Bertz CT molecular complexity index is 882. The van der Waals surface area contributed by atoms with Gasteiger partial charge in [-0.3, -0.25) is 4.79 Å². The van der Waals surface area contributed by atoms with Crippen LogP contribution in [0, 0.1) is 6.92 Å². The van der Waals surface area contributed by atoms with Crippen molar-refractivity contribution in [2.24, 2.45) is 0 Å². The second kappa shape index (κ2) is 7.93. The molecular weight excluding hydrogens is 387 g/mol. The molecule has 1 atom stereocenters. The van der Waals surface area contributed by atoms with Crippen LogP contribution in [0.4, 0.5) is 13.2 Å². The zero-order chi connectivity index (χ0) is 20.6. The van der Waals surface area contributed by atoms with Gasteiger partial charge in [0, 0.05) is 37.7 Å². The van der Waals surface area contributed by atoms with Crippen molar-refractivity contribution in [3.05, 3.63) is 23.0 Å². The molecule has 29 heavy (non-hydrogen) atoms. The molecule has 2 aromatic heterocycles. The second-order valence-corrected chi connectivity index (χ2v) is 7.89. The van der Waals surface area contributed by atoms with Gasteiger partial charge in [-0.1, -0.05) is 5.16 Å². The number of carbonyl (C=O) groups excluding carboxylic acids is 1. The van der Waals surface area contributed by atoms with Crippen LogP contribution in [0.5, 0.6) is 0 Å². The van der Waals surface area contributed by atoms with E-state index in [4.69, 9.17) is 9.26 Å². The van der Waals surface area contributed by atoms with Crippen LogP contribution >= 0.6 is 0 Å². The Morgan fingerprint density at radius 3 is 2.69 bits per heavy atom. The van der Waals surface area contributed by atoms with Crippen LogP contribution in [0.15, 0.2) is 10.6 Å². The van der Waals surface area contributed by atoms with Gasteiger partial charge in [0.2, 0.25) is 5.91 Å². The van der Waals surface area contributed by atoms with E-state index in [9.17, 15) is 18.0 Å². The van der Waals surface area contributed by atoms with E-state index >= 15 is 0 Å². The van der Waals surface area contributed by atoms with Crippen LogP contribution in [0.2, 0.25) is 0 Å². The van der Waals surface area contributed by atoms with Gasteiger partial charge in [0.05, 0.1) is 22.7 Å². The first-order valence-electron chi connectivity index (χ1n) is 10.1. The summed E-state index contributed by atoms with van der Waals surface area (Å²) in [5, 5.41) is 3.89. The fraction of sp³-hybridized carbons (Fsp3) is 0.650. The van der Waals surface area contributed by atoms with Crippen LogP contribution in [0.25, 0.3) is 11.1 Å². The summed E-state index contributed by atoms with van der Waals surface area (Å²) < 4.78 is 51.3. The number of carbonyl (C=O) groups is 1. The van der Waals surface area contributed by atoms with Gasteiger partial charge in [-0.25, -0.2) is 4.98 Å². The maximum atomic E-state index is 13.5. The van der Waals surface area contributed by atoms with Crippen molar-refractivity contribution in [2.75, 3.05) is 19.7 Å². The molecule has 0 spiro atoms. The molecule has 2 aliphatic heterocycles. The highest BCUT2D eigenvalue weighted by Crippen LogP contribution is 2.40. The van der Waals surface area contributed by atoms with E-state index in [0.717, 1.165) is 31.9 Å². The summed E-state index contributed by atoms with van der Waals surface area (Å²) in [6.07, 6.45) is 0.00138. The van der Waals surface area contributed by atoms with Crippen molar-refractivity contribution in [1.29, 1.82) is 0 Å². The lowest BCUT2D eigenvalue weighted by atomic mass is 9.90. The number of hydrogen-bond acceptors (Lipinski definition) is 5. The molecule has 9 heteroatoms. The van der Waals surface area contributed by atoms with E-state index in [1.54, 1.807) is 4.90 Å². The molecule has 2 fully saturated rings. The number of halogens is 3. The lowest BCUT2D eigenvalue weighted by Crippen LogP contribution is -2.38. The van der Waals surface area contributed by atoms with Gasteiger partial charge in [0.1, 0.15) is 0 Å². The molecule has 0 saturated carbocycles. The molecule has 2 saturated heterocycles. The quantitative estimate of drug-likeness (QED) is 0.754. The molecule has 4 rings (SSSR count). The molecule has 4 heterocycles. The number of ether oxygens (including phenoxy) is 1. The van der Waals surface area contributed by atoms with Crippen LogP contribution < -0.4 is 0 Å². The minimum atomic E-state index is -4.51. The number of nitrogens with zero attached hydrogens (tertiary/aromatic N) is 3. The van der Waals surface area contributed by atoms with E-state index in [2.05, 4.69) is 10.1 Å². The van der Waals surface area contributed by atoms with Crippen LogP contribution in [0.3, 0.4) is 0 Å². The Labute approximate surface area is 166 Å². The van der Waals surface area contributed by atoms with Crippen molar-refractivity contribution < 1.29 is 27.2 Å². The predicted octanol–water partition coefficient (Wildman–Crippen LogP) is 4.22. The Balaban J connectivity index is 1.44. The molecule has 0 aromatic carbocycles. The monoisotopic (exact) mass is 411 g/mol. The summed E-state index contributed by atoms with van der Waals surface area (Å²) in [4.78, 5) is 18.3. The summed E-state index contributed by atoms with van der Waals surface area (Å²) in [6.45, 7) is 3.27. The van der Waals surface area contributed by atoms with Crippen molar-refractivity contribution >= 4 is 17.0 Å². The largest absolute Gasteiger partial charge is 0.417 e. The Morgan fingerprint density at radius 1 is 1.28 bits per heavy atom. The summed E-state index contributed by atoms with van der Waals surface area (Å²) in [6, 6.07) is 1.03. The number of likely N-dealkylation sites (tertiary alicyclic amines) is 1. The Kier molecular flexibility index (Phi) is 5.50. The highest BCUT2D eigenvalue weighted by Gasteiger charge is 2.37. The number of alkyl halides is 3. The first-order valence-corrected chi connectivity index (χ1v) is 10.1. The van der Waals surface area contributed by atoms with Gasteiger partial charge < -0.3 is 14.2 Å². The average molecular weight is 411 g/mol. The molecule has 0 bridgehead atoms. The summed E-state index contributed by atoms with van der Waals surface area (Å²) in [5.74, 6) is -0.110. The molecule has 6 nitrogen and oxygen atoms in total. The molecule has 158 valence electrons. The third-order valence-electron chi connectivity index (χ3n) is 5.84. The van der Waals surface area contributed by atoms with E-state index in [0.29, 0.717) is 38.0 Å². The summed E-state index contributed by atoms with van der Waals surface area (Å²) >= 11 is 0. The predicted molar refractivity (Wildman–Crippen MR) is 98.3 cm³/mol.